The van der Waals surface area contributed by atoms with Crippen LogP contribution in [0.2, 0.25) is 5.02 Å². The summed E-state index contributed by atoms with van der Waals surface area (Å²) in [6, 6.07) is 14.0. The van der Waals surface area contributed by atoms with Crippen molar-refractivity contribution in [3.05, 3.63) is 88.3 Å². The fraction of sp³-hybridized carbons (Fsp3) is 0.136. The van der Waals surface area contributed by atoms with E-state index in [1.807, 2.05) is 0 Å². The third kappa shape index (κ3) is 5.23. The van der Waals surface area contributed by atoms with Gasteiger partial charge in [-0.3, -0.25) is 4.72 Å². The lowest BCUT2D eigenvalue weighted by atomic mass is 10.1. The van der Waals surface area contributed by atoms with Crippen molar-refractivity contribution in [2.45, 2.75) is 24.1 Å². The van der Waals surface area contributed by atoms with Crippen LogP contribution in [0.4, 0.5) is 19.0 Å². The van der Waals surface area contributed by atoms with Crippen molar-refractivity contribution >= 4 is 38.5 Å². The van der Waals surface area contributed by atoms with Gasteiger partial charge in [0.05, 0.1) is 21.6 Å². The number of fused-ring (bicyclic) bond motifs is 1. The first-order chi connectivity index (χ1) is 16.5. The van der Waals surface area contributed by atoms with E-state index in [1.54, 1.807) is 12.1 Å². The van der Waals surface area contributed by atoms with E-state index in [1.165, 1.54) is 49.4 Å². The summed E-state index contributed by atoms with van der Waals surface area (Å²) < 4.78 is 75.5. The third-order valence-electron chi connectivity index (χ3n) is 4.86. The molecule has 0 saturated carbocycles. The fourth-order valence-electron chi connectivity index (χ4n) is 3.14. The van der Waals surface area contributed by atoms with E-state index < -0.39 is 39.6 Å². The lowest BCUT2D eigenvalue weighted by molar-refractivity contribution is -0.613. The Balaban J connectivity index is 1.83. The highest BCUT2D eigenvalue weighted by Crippen LogP contribution is 2.38. The van der Waals surface area contributed by atoms with E-state index in [0.29, 0.717) is 0 Å². The van der Waals surface area contributed by atoms with Gasteiger partial charge in [-0.25, -0.2) is 18.4 Å². The number of aromatic nitrogens is 3. The summed E-state index contributed by atoms with van der Waals surface area (Å²) in [6.45, 7) is 1.43. The van der Waals surface area contributed by atoms with Crippen LogP contribution in [0.5, 0.6) is 5.88 Å². The monoisotopic (exact) mass is 524 g/mol. The zero-order valence-electron chi connectivity index (χ0n) is 17.8. The van der Waals surface area contributed by atoms with Crippen molar-refractivity contribution in [3.63, 3.8) is 0 Å². The summed E-state index contributed by atoms with van der Waals surface area (Å²) in [5.74, 6) is -1.32. The van der Waals surface area contributed by atoms with Gasteiger partial charge in [-0.2, -0.15) is 17.9 Å². The molecule has 0 radical (unpaired) electrons. The summed E-state index contributed by atoms with van der Waals surface area (Å²) in [6.07, 6.45) is -6.88. The molecule has 0 amide bonds. The van der Waals surface area contributed by atoms with Gasteiger partial charge in [-0.15, -0.1) is 0 Å². The maximum absolute atomic E-state index is 14.0. The molecule has 13 heteroatoms. The molecule has 0 aliphatic heterocycles. The Morgan fingerprint density at radius 3 is 2.29 bits per heavy atom. The second-order valence-electron chi connectivity index (χ2n) is 7.37. The van der Waals surface area contributed by atoms with Crippen molar-refractivity contribution < 1.29 is 31.1 Å². The van der Waals surface area contributed by atoms with E-state index in [0.717, 1.165) is 12.3 Å². The minimum atomic E-state index is -4.98. The van der Waals surface area contributed by atoms with Gasteiger partial charge >= 0.3 is 6.18 Å². The number of pyridine rings is 1. The van der Waals surface area contributed by atoms with Crippen molar-refractivity contribution in [2.24, 2.45) is 0 Å². The average Bonchev–Trinajstić information content (AvgIpc) is 2.78. The topological polar surface area (TPSA) is 108 Å². The predicted octanol–water partition coefficient (Wildman–Crippen LogP) is 4.71. The molecule has 1 atom stereocenters. The number of alkyl halides is 3. The third-order valence-corrected chi connectivity index (χ3v) is 6.69. The number of anilines is 1. The molecule has 0 bridgehead atoms. The fourth-order valence-corrected chi connectivity index (χ4v) is 4.66. The van der Waals surface area contributed by atoms with Gasteiger partial charge in [0.1, 0.15) is 4.90 Å². The van der Waals surface area contributed by atoms with Gasteiger partial charge in [-0.1, -0.05) is 35.9 Å². The lowest BCUT2D eigenvalue weighted by Crippen LogP contribution is -2.34. The number of aryl methyl sites for hydroxylation is 1. The van der Waals surface area contributed by atoms with Crippen LogP contribution in [0.1, 0.15) is 17.4 Å². The number of para-hydroxylation sites is 2. The lowest BCUT2D eigenvalue weighted by Gasteiger charge is -2.22. The molecule has 1 unspecified atom stereocenters. The first kappa shape index (κ1) is 24.5. The summed E-state index contributed by atoms with van der Waals surface area (Å²) in [4.78, 5) is 7.87. The van der Waals surface area contributed by atoms with Crippen LogP contribution in [0.3, 0.4) is 0 Å². The van der Waals surface area contributed by atoms with Crippen LogP contribution in [-0.2, 0) is 10.0 Å². The van der Waals surface area contributed by atoms with Gasteiger partial charge in [0.15, 0.2) is 11.9 Å². The molecule has 4 rings (SSSR count). The summed E-state index contributed by atoms with van der Waals surface area (Å²) in [5, 5.41) is 11.8. The molecule has 0 spiro atoms. The number of hydrogen-bond donors (Lipinski definition) is 1. The largest absolute Gasteiger partial charge is 0.618 e. The molecular formula is C22H16ClF3N4O4S. The highest BCUT2D eigenvalue weighted by Gasteiger charge is 2.45. The quantitative estimate of drug-likeness (QED) is 0.289. The van der Waals surface area contributed by atoms with Crippen LogP contribution >= 0.6 is 11.6 Å². The number of hydrogen-bond acceptors (Lipinski definition) is 6. The first-order valence-electron chi connectivity index (χ1n) is 9.93. The summed E-state index contributed by atoms with van der Waals surface area (Å²) >= 11 is 5.99. The van der Waals surface area contributed by atoms with Gasteiger partial charge in [0.2, 0.25) is 11.9 Å². The zero-order valence-corrected chi connectivity index (χ0v) is 19.4. The molecule has 0 fully saturated rings. The molecule has 8 nitrogen and oxygen atoms in total. The maximum Gasteiger partial charge on any atom is 0.430 e. The number of halogens is 4. The standard InChI is InChI=1S/C22H16ClF3N4O4S/c1-13-10-11-14(12-30(13)31)19(22(24,25)26)34-21-20(27-16-7-3-4-8-17(16)28-21)29-35(32,33)18-9-5-2-6-15(18)23/h2-12,19H,1H3,(H,27,29). The van der Waals surface area contributed by atoms with Gasteiger partial charge in [0, 0.05) is 13.0 Å². The Hall–Kier alpha value is -3.64. The molecule has 35 heavy (non-hydrogen) atoms. The predicted molar refractivity (Wildman–Crippen MR) is 121 cm³/mol. The molecule has 2 aromatic carbocycles. The molecule has 0 aliphatic carbocycles. The van der Waals surface area contributed by atoms with Crippen molar-refractivity contribution in [3.8, 4) is 5.88 Å². The second-order valence-corrected chi connectivity index (χ2v) is 9.43. The molecule has 2 heterocycles. The van der Waals surface area contributed by atoms with E-state index in [9.17, 15) is 26.8 Å². The van der Waals surface area contributed by atoms with Crippen molar-refractivity contribution in [1.29, 1.82) is 0 Å². The second kappa shape index (κ2) is 9.19. The van der Waals surface area contributed by atoms with Crippen LogP contribution in [0.15, 0.2) is 71.8 Å². The van der Waals surface area contributed by atoms with Crippen LogP contribution in [0, 0.1) is 12.1 Å². The number of sulfonamides is 1. The molecule has 1 N–H and O–H groups in total. The number of nitrogens with zero attached hydrogens (tertiary/aromatic N) is 3. The van der Waals surface area contributed by atoms with Crippen molar-refractivity contribution in [1.82, 2.24) is 9.97 Å². The highest BCUT2D eigenvalue weighted by molar-refractivity contribution is 7.92. The number of nitrogens with one attached hydrogen (secondary N) is 1. The maximum atomic E-state index is 14.0. The minimum Gasteiger partial charge on any atom is -0.618 e. The zero-order chi connectivity index (χ0) is 25.4. The molecule has 0 saturated heterocycles. The Kier molecular flexibility index (Phi) is 6.43. The average molecular weight is 525 g/mol. The smallest absolute Gasteiger partial charge is 0.430 e. The normalized spacial score (nSPS) is 12.9. The van der Waals surface area contributed by atoms with E-state index in [-0.39, 0.29) is 31.4 Å². The number of benzene rings is 2. The molecule has 4 aromatic rings. The van der Waals surface area contributed by atoms with Crippen LogP contribution in [0.25, 0.3) is 11.0 Å². The molecule has 2 aromatic heterocycles. The molecule has 0 aliphatic rings. The SMILES string of the molecule is Cc1ccc(C(Oc2nc3ccccc3nc2NS(=O)(=O)c2ccccc2Cl)C(F)(F)F)c[n+]1[O-]. The van der Waals surface area contributed by atoms with E-state index in [4.69, 9.17) is 16.3 Å². The molecule has 182 valence electrons. The summed E-state index contributed by atoms with van der Waals surface area (Å²) in [5.41, 5.74) is 0.0289. The van der Waals surface area contributed by atoms with E-state index >= 15 is 0 Å². The van der Waals surface area contributed by atoms with Gasteiger partial charge < -0.3 is 9.94 Å². The Bertz CT molecular complexity index is 1520. The van der Waals surface area contributed by atoms with Gasteiger partial charge in [-0.05, 0) is 30.3 Å². The van der Waals surface area contributed by atoms with Crippen LogP contribution < -0.4 is 14.2 Å². The highest BCUT2D eigenvalue weighted by atomic mass is 35.5. The first-order valence-corrected chi connectivity index (χ1v) is 11.8. The Morgan fingerprint density at radius 2 is 1.66 bits per heavy atom. The Morgan fingerprint density at radius 1 is 1.03 bits per heavy atom. The van der Waals surface area contributed by atoms with E-state index in [2.05, 4.69) is 14.7 Å². The Labute approximate surface area is 202 Å². The number of ether oxygens (including phenoxy) is 1. The van der Waals surface area contributed by atoms with Crippen molar-refractivity contribution in [2.75, 3.05) is 4.72 Å². The number of rotatable bonds is 6. The summed E-state index contributed by atoms with van der Waals surface area (Å²) in [7, 11) is -4.38. The molecular weight excluding hydrogens is 509 g/mol. The minimum absolute atomic E-state index is 0.107. The van der Waals surface area contributed by atoms with Crippen LogP contribution in [-0.4, -0.2) is 24.6 Å². The van der Waals surface area contributed by atoms with Gasteiger partial charge in [0.25, 0.3) is 15.9 Å².